The number of thiophene rings is 1. The maximum atomic E-state index is 13.5. The van der Waals surface area contributed by atoms with E-state index in [2.05, 4.69) is 24.4 Å². The van der Waals surface area contributed by atoms with Gasteiger partial charge in [-0.05, 0) is 47.7 Å². The number of anilines is 2. The van der Waals surface area contributed by atoms with Gasteiger partial charge in [0.2, 0.25) is 11.8 Å². The normalized spacial score (nSPS) is 12.2. The van der Waals surface area contributed by atoms with E-state index in [-0.39, 0.29) is 17.9 Å². The van der Waals surface area contributed by atoms with Crippen molar-refractivity contribution in [3.8, 4) is 0 Å². The van der Waals surface area contributed by atoms with E-state index in [1.165, 1.54) is 0 Å². The summed E-state index contributed by atoms with van der Waals surface area (Å²) in [6.45, 7) is 8.37. The van der Waals surface area contributed by atoms with Crippen molar-refractivity contribution in [2.24, 2.45) is 5.41 Å². The topological polar surface area (TPSA) is 52.7 Å². The molecule has 0 spiro atoms. The third-order valence-electron chi connectivity index (χ3n) is 5.75. The van der Waals surface area contributed by atoms with Crippen LogP contribution < -0.4 is 10.2 Å². The number of hydrogen-bond acceptors (Lipinski definition) is 4. The van der Waals surface area contributed by atoms with E-state index in [0.717, 1.165) is 27.4 Å². The van der Waals surface area contributed by atoms with Gasteiger partial charge in [0.05, 0.1) is 12.5 Å². The van der Waals surface area contributed by atoms with Crippen molar-refractivity contribution in [1.82, 2.24) is 4.90 Å². The summed E-state index contributed by atoms with van der Waals surface area (Å²) < 4.78 is 0. The molecule has 0 saturated heterocycles. The van der Waals surface area contributed by atoms with E-state index in [1.807, 2.05) is 98.6 Å². The molecule has 3 aromatic rings. The van der Waals surface area contributed by atoms with Crippen molar-refractivity contribution < 1.29 is 9.59 Å². The van der Waals surface area contributed by atoms with Gasteiger partial charge in [-0.3, -0.25) is 9.59 Å². The third-order valence-corrected chi connectivity index (χ3v) is 6.63. The lowest BCUT2D eigenvalue weighted by molar-refractivity contribution is -0.142. The SMILES string of the molecule is CC(c1ccccc1)N(Cc1cc(NC(=O)Cc2cccs2)ccc1N(C)C)C(=O)C(C)(C)C. The third kappa shape index (κ3) is 6.48. The van der Waals surface area contributed by atoms with E-state index in [0.29, 0.717) is 13.0 Å². The first-order valence-corrected chi connectivity index (χ1v) is 12.4. The van der Waals surface area contributed by atoms with Crippen LogP contribution in [0, 0.1) is 5.41 Å². The lowest BCUT2D eigenvalue weighted by atomic mass is 9.92. The number of nitrogens with zero attached hydrogens (tertiary/aromatic N) is 2. The molecule has 180 valence electrons. The molecule has 1 heterocycles. The predicted octanol–water partition coefficient (Wildman–Crippen LogP) is 6.13. The molecule has 3 rings (SSSR count). The van der Waals surface area contributed by atoms with Crippen molar-refractivity contribution in [1.29, 1.82) is 0 Å². The molecule has 1 N–H and O–H groups in total. The van der Waals surface area contributed by atoms with Gasteiger partial charge in [-0.25, -0.2) is 0 Å². The summed E-state index contributed by atoms with van der Waals surface area (Å²) in [4.78, 5) is 31.1. The molecule has 5 nitrogen and oxygen atoms in total. The second kappa shape index (κ2) is 10.9. The fraction of sp³-hybridized carbons (Fsp3) is 0.357. The second-order valence-corrected chi connectivity index (χ2v) is 10.8. The summed E-state index contributed by atoms with van der Waals surface area (Å²) in [7, 11) is 3.98. The Bertz CT molecular complexity index is 1100. The Morgan fingerprint density at radius 3 is 2.29 bits per heavy atom. The van der Waals surface area contributed by atoms with Gasteiger partial charge in [-0.1, -0.05) is 57.2 Å². The average molecular weight is 478 g/mol. The van der Waals surface area contributed by atoms with Crippen LogP contribution in [0.4, 0.5) is 11.4 Å². The fourth-order valence-corrected chi connectivity index (χ4v) is 4.62. The molecule has 2 aromatic carbocycles. The van der Waals surface area contributed by atoms with Crippen LogP contribution in [0.25, 0.3) is 0 Å². The van der Waals surface area contributed by atoms with Crippen LogP contribution in [0.5, 0.6) is 0 Å². The maximum Gasteiger partial charge on any atom is 0.229 e. The molecular weight excluding hydrogens is 442 g/mol. The molecule has 6 heteroatoms. The first kappa shape index (κ1) is 25.5. The molecule has 0 aliphatic rings. The summed E-state index contributed by atoms with van der Waals surface area (Å²) in [5.74, 6) is 0.0342. The van der Waals surface area contributed by atoms with E-state index in [9.17, 15) is 9.59 Å². The van der Waals surface area contributed by atoms with Gasteiger partial charge in [0.1, 0.15) is 0 Å². The average Bonchev–Trinajstić information content (AvgIpc) is 3.29. The Kier molecular flexibility index (Phi) is 8.15. The van der Waals surface area contributed by atoms with Crippen molar-refractivity contribution in [3.63, 3.8) is 0 Å². The highest BCUT2D eigenvalue weighted by atomic mass is 32.1. The highest BCUT2D eigenvalue weighted by Crippen LogP contribution is 2.32. The first-order chi connectivity index (χ1) is 16.1. The van der Waals surface area contributed by atoms with Crippen LogP contribution in [0.15, 0.2) is 66.0 Å². The molecule has 1 unspecified atom stereocenters. The molecule has 0 aliphatic carbocycles. The van der Waals surface area contributed by atoms with Crippen LogP contribution >= 0.6 is 11.3 Å². The Balaban J connectivity index is 1.92. The van der Waals surface area contributed by atoms with Gasteiger partial charge in [-0.2, -0.15) is 0 Å². The zero-order valence-corrected chi connectivity index (χ0v) is 21.8. The van der Waals surface area contributed by atoms with E-state index in [4.69, 9.17) is 0 Å². The van der Waals surface area contributed by atoms with Crippen LogP contribution in [-0.4, -0.2) is 30.8 Å². The molecule has 0 aliphatic heterocycles. The minimum absolute atomic E-state index is 0.0497. The van der Waals surface area contributed by atoms with Gasteiger partial charge in [0, 0.05) is 42.3 Å². The summed E-state index contributed by atoms with van der Waals surface area (Å²) in [5, 5.41) is 5.00. The largest absolute Gasteiger partial charge is 0.377 e. The van der Waals surface area contributed by atoms with Crippen LogP contribution in [-0.2, 0) is 22.6 Å². The molecular formula is C28H35N3O2S. The molecule has 1 atom stereocenters. The maximum absolute atomic E-state index is 13.5. The number of benzene rings is 2. The van der Waals surface area contributed by atoms with Gasteiger partial charge in [-0.15, -0.1) is 11.3 Å². The van der Waals surface area contributed by atoms with Crippen molar-refractivity contribution >= 4 is 34.5 Å². The minimum atomic E-state index is -0.520. The summed E-state index contributed by atoms with van der Waals surface area (Å²) >= 11 is 1.57. The predicted molar refractivity (Wildman–Crippen MR) is 142 cm³/mol. The number of carbonyl (C=O) groups is 2. The van der Waals surface area contributed by atoms with Crippen molar-refractivity contribution in [2.75, 3.05) is 24.3 Å². The van der Waals surface area contributed by atoms with Gasteiger partial charge in [0.25, 0.3) is 0 Å². The quantitative estimate of drug-likeness (QED) is 0.424. The minimum Gasteiger partial charge on any atom is -0.377 e. The highest BCUT2D eigenvalue weighted by molar-refractivity contribution is 7.10. The van der Waals surface area contributed by atoms with E-state index >= 15 is 0 Å². The molecule has 2 amide bonds. The lowest BCUT2D eigenvalue weighted by Crippen LogP contribution is -2.40. The molecule has 1 aromatic heterocycles. The summed E-state index contributed by atoms with van der Waals surface area (Å²) in [6, 6.07) is 19.8. The summed E-state index contributed by atoms with van der Waals surface area (Å²) in [6.07, 6.45) is 0.349. The van der Waals surface area contributed by atoms with E-state index in [1.54, 1.807) is 11.3 Å². The van der Waals surface area contributed by atoms with Gasteiger partial charge >= 0.3 is 0 Å². The molecule has 34 heavy (non-hydrogen) atoms. The zero-order valence-electron chi connectivity index (χ0n) is 21.0. The standard InChI is InChI=1S/C28H35N3O2S/c1-20(21-11-8-7-9-12-21)31(27(33)28(2,3)4)19-22-17-23(14-15-25(22)30(5)6)29-26(32)18-24-13-10-16-34-24/h7-17,20H,18-19H2,1-6H3,(H,29,32). The zero-order chi connectivity index (χ0) is 24.9. The van der Waals surface area contributed by atoms with Crippen molar-refractivity contribution in [3.05, 3.63) is 82.0 Å². The van der Waals surface area contributed by atoms with Gasteiger partial charge < -0.3 is 15.1 Å². The number of carbonyl (C=O) groups excluding carboxylic acids is 2. The summed E-state index contributed by atoms with van der Waals surface area (Å²) in [5.41, 5.74) is 3.31. The Morgan fingerprint density at radius 1 is 1.00 bits per heavy atom. The number of hydrogen-bond donors (Lipinski definition) is 1. The second-order valence-electron chi connectivity index (χ2n) is 9.81. The Morgan fingerprint density at radius 2 is 1.71 bits per heavy atom. The van der Waals surface area contributed by atoms with Crippen LogP contribution in [0.1, 0.15) is 49.7 Å². The number of nitrogens with one attached hydrogen (secondary N) is 1. The number of rotatable bonds is 8. The fourth-order valence-electron chi connectivity index (χ4n) is 3.91. The Labute approximate surface area is 207 Å². The highest BCUT2D eigenvalue weighted by Gasteiger charge is 2.31. The smallest absolute Gasteiger partial charge is 0.229 e. The molecule has 0 bridgehead atoms. The lowest BCUT2D eigenvalue weighted by Gasteiger charge is -2.35. The van der Waals surface area contributed by atoms with E-state index < -0.39 is 5.41 Å². The Hall–Kier alpha value is -3.12. The monoisotopic (exact) mass is 477 g/mol. The first-order valence-electron chi connectivity index (χ1n) is 11.5. The molecule has 0 saturated carbocycles. The van der Waals surface area contributed by atoms with Gasteiger partial charge in [0.15, 0.2) is 0 Å². The van der Waals surface area contributed by atoms with Crippen molar-refractivity contribution in [2.45, 2.75) is 46.7 Å². The molecule has 0 radical (unpaired) electrons. The molecule has 0 fully saturated rings. The van der Waals surface area contributed by atoms with Crippen LogP contribution in [0.2, 0.25) is 0 Å². The van der Waals surface area contributed by atoms with Crippen LogP contribution in [0.3, 0.4) is 0 Å². The number of amides is 2.